The van der Waals surface area contributed by atoms with Crippen LogP contribution in [-0.2, 0) is 11.2 Å². The fourth-order valence-corrected chi connectivity index (χ4v) is 3.74. The standard InChI is InChI=1S/C13H17BrN2O3S/c14-11-4-3-10(20-11)5-6-15-13(19)16-7-1-2-9(8-16)12(17)18/h3-4,9H,1-2,5-8H2,(H,15,19)(H,17,18)/t9-/m0/s1. The van der Waals surface area contributed by atoms with Crippen molar-refractivity contribution in [3.8, 4) is 0 Å². The molecule has 1 fully saturated rings. The van der Waals surface area contributed by atoms with Gasteiger partial charge in [0.25, 0.3) is 0 Å². The maximum atomic E-state index is 12.0. The Bertz CT molecular complexity index is 492. The summed E-state index contributed by atoms with van der Waals surface area (Å²) in [5.74, 6) is -1.24. The minimum atomic E-state index is -0.814. The molecule has 2 heterocycles. The number of carboxylic acid groups (broad SMARTS) is 1. The highest BCUT2D eigenvalue weighted by molar-refractivity contribution is 9.11. The minimum absolute atomic E-state index is 0.161. The molecule has 20 heavy (non-hydrogen) atoms. The van der Waals surface area contributed by atoms with Crippen LogP contribution in [0.5, 0.6) is 0 Å². The van der Waals surface area contributed by atoms with E-state index in [-0.39, 0.29) is 6.03 Å². The number of halogens is 1. The van der Waals surface area contributed by atoms with E-state index >= 15 is 0 Å². The monoisotopic (exact) mass is 360 g/mol. The zero-order valence-electron chi connectivity index (χ0n) is 11.0. The number of thiophene rings is 1. The van der Waals surface area contributed by atoms with Crippen LogP contribution in [0.15, 0.2) is 15.9 Å². The zero-order valence-corrected chi connectivity index (χ0v) is 13.4. The fraction of sp³-hybridized carbons (Fsp3) is 0.538. The summed E-state index contributed by atoms with van der Waals surface area (Å²) in [6, 6.07) is 3.86. The molecule has 1 aliphatic rings. The molecular weight excluding hydrogens is 344 g/mol. The maximum absolute atomic E-state index is 12.0. The van der Waals surface area contributed by atoms with E-state index in [0.29, 0.717) is 26.1 Å². The number of nitrogens with one attached hydrogen (secondary N) is 1. The van der Waals surface area contributed by atoms with Crippen LogP contribution in [0.2, 0.25) is 0 Å². The molecule has 7 heteroatoms. The van der Waals surface area contributed by atoms with Crippen LogP contribution in [0, 0.1) is 5.92 Å². The smallest absolute Gasteiger partial charge is 0.317 e. The maximum Gasteiger partial charge on any atom is 0.317 e. The molecule has 0 spiro atoms. The van der Waals surface area contributed by atoms with Gasteiger partial charge in [-0.3, -0.25) is 4.79 Å². The molecule has 0 aromatic carbocycles. The van der Waals surface area contributed by atoms with Crippen molar-refractivity contribution >= 4 is 39.3 Å². The van der Waals surface area contributed by atoms with Gasteiger partial charge < -0.3 is 15.3 Å². The number of amides is 2. The van der Waals surface area contributed by atoms with Gasteiger partial charge >= 0.3 is 12.0 Å². The van der Waals surface area contributed by atoms with E-state index in [1.165, 1.54) is 4.88 Å². The van der Waals surface area contributed by atoms with Crippen LogP contribution in [0.3, 0.4) is 0 Å². The molecule has 2 amide bonds. The minimum Gasteiger partial charge on any atom is -0.481 e. The molecule has 0 bridgehead atoms. The lowest BCUT2D eigenvalue weighted by Crippen LogP contribution is -2.47. The third-order valence-electron chi connectivity index (χ3n) is 3.33. The molecule has 2 N–H and O–H groups in total. The second-order valence-electron chi connectivity index (χ2n) is 4.81. The number of carboxylic acids is 1. The zero-order chi connectivity index (χ0) is 14.5. The van der Waals surface area contributed by atoms with Crippen molar-refractivity contribution in [3.63, 3.8) is 0 Å². The molecule has 2 rings (SSSR count). The Labute approximate surface area is 130 Å². The second-order valence-corrected chi connectivity index (χ2v) is 7.36. The number of urea groups is 1. The first-order valence-corrected chi connectivity index (χ1v) is 8.17. The highest BCUT2D eigenvalue weighted by Crippen LogP contribution is 2.22. The molecule has 0 saturated carbocycles. The van der Waals surface area contributed by atoms with Gasteiger partial charge in [-0.25, -0.2) is 4.79 Å². The summed E-state index contributed by atoms with van der Waals surface area (Å²) in [6.07, 6.45) is 2.20. The van der Waals surface area contributed by atoms with Crippen LogP contribution < -0.4 is 5.32 Å². The molecule has 1 saturated heterocycles. The highest BCUT2D eigenvalue weighted by atomic mass is 79.9. The quantitative estimate of drug-likeness (QED) is 0.866. The molecule has 110 valence electrons. The van der Waals surface area contributed by atoms with Crippen molar-refractivity contribution in [2.75, 3.05) is 19.6 Å². The number of carbonyl (C=O) groups is 2. The van der Waals surface area contributed by atoms with E-state index < -0.39 is 11.9 Å². The van der Waals surface area contributed by atoms with Gasteiger partial charge in [0.15, 0.2) is 0 Å². The number of likely N-dealkylation sites (tertiary alicyclic amines) is 1. The van der Waals surface area contributed by atoms with Gasteiger partial charge in [-0.2, -0.15) is 0 Å². The lowest BCUT2D eigenvalue weighted by atomic mass is 9.99. The van der Waals surface area contributed by atoms with Crippen molar-refractivity contribution in [3.05, 3.63) is 20.8 Å². The van der Waals surface area contributed by atoms with E-state index in [1.807, 2.05) is 12.1 Å². The Balaban J connectivity index is 1.75. The van der Waals surface area contributed by atoms with Crippen molar-refractivity contribution in [1.29, 1.82) is 0 Å². The molecule has 1 aromatic heterocycles. The first-order chi connectivity index (χ1) is 9.56. The Morgan fingerprint density at radius 3 is 2.95 bits per heavy atom. The molecule has 1 atom stereocenters. The first kappa shape index (κ1) is 15.3. The molecule has 1 aliphatic heterocycles. The molecule has 0 aliphatic carbocycles. The molecule has 1 aromatic rings. The molecule has 5 nitrogen and oxygen atoms in total. The normalized spacial score (nSPS) is 18.9. The van der Waals surface area contributed by atoms with Gasteiger partial charge in [0.05, 0.1) is 9.70 Å². The predicted molar refractivity (Wildman–Crippen MR) is 81.1 cm³/mol. The summed E-state index contributed by atoms with van der Waals surface area (Å²) < 4.78 is 1.08. The van der Waals surface area contributed by atoms with Gasteiger partial charge in [-0.05, 0) is 47.3 Å². The number of rotatable bonds is 4. The number of hydrogen-bond acceptors (Lipinski definition) is 3. The predicted octanol–water partition coefficient (Wildman–Crippen LogP) is 2.56. The van der Waals surface area contributed by atoms with Crippen LogP contribution in [0.4, 0.5) is 4.79 Å². The summed E-state index contributed by atoms with van der Waals surface area (Å²) in [6.45, 7) is 1.52. The Morgan fingerprint density at radius 1 is 1.50 bits per heavy atom. The Morgan fingerprint density at radius 2 is 2.30 bits per heavy atom. The molecular formula is C13H17BrN2O3S. The SMILES string of the molecule is O=C(O)[C@H]1CCCN(C(=O)NCCc2ccc(Br)s2)C1. The Hall–Kier alpha value is -1.08. The van der Waals surface area contributed by atoms with Crippen molar-refractivity contribution < 1.29 is 14.7 Å². The second kappa shape index (κ2) is 7.08. The van der Waals surface area contributed by atoms with Gasteiger partial charge in [-0.1, -0.05) is 0 Å². The van der Waals surface area contributed by atoms with E-state index in [2.05, 4.69) is 21.2 Å². The largest absolute Gasteiger partial charge is 0.481 e. The lowest BCUT2D eigenvalue weighted by Gasteiger charge is -2.30. The highest BCUT2D eigenvalue weighted by Gasteiger charge is 2.27. The van der Waals surface area contributed by atoms with E-state index in [9.17, 15) is 9.59 Å². The summed E-state index contributed by atoms with van der Waals surface area (Å²) >= 11 is 5.06. The lowest BCUT2D eigenvalue weighted by molar-refractivity contribution is -0.143. The van der Waals surface area contributed by atoms with Gasteiger partial charge in [-0.15, -0.1) is 11.3 Å². The summed E-state index contributed by atoms with van der Waals surface area (Å²) in [4.78, 5) is 25.8. The summed E-state index contributed by atoms with van der Waals surface area (Å²) in [5.41, 5.74) is 0. The molecule has 0 radical (unpaired) electrons. The van der Waals surface area contributed by atoms with Gasteiger partial charge in [0.2, 0.25) is 0 Å². The van der Waals surface area contributed by atoms with E-state index in [4.69, 9.17) is 5.11 Å². The van der Waals surface area contributed by atoms with Crippen molar-refractivity contribution in [2.45, 2.75) is 19.3 Å². The fourth-order valence-electron chi connectivity index (χ4n) is 2.25. The van der Waals surface area contributed by atoms with Crippen LogP contribution in [0.25, 0.3) is 0 Å². The number of aliphatic carboxylic acids is 1. The Kier molecular flexibility index (Phi) is 5.42. The van der Waals surface area contributed by atoms with Crippen molar-refractivity contribution in [2.24, 2.45) is 5.92 Å². The van der Waals surface area contributed by atoms with Crippen LogP contribution in [-0.4, -0.2) is 41.6 Å². The number of carbonyl (C=O) groups excluding carboxylic acids is 1. The topological polar surface area (TPSA) is 69.6 Å². The first-order valence-electron chi connectivity index (χ1n) is 6.56. The van der Waals surface area contributed by atoms with Crippen molar-refractivity contribution in [1.82, 2.24) is 10.2 Å². The number of hydrogen-bond donors (Lipinski definition) is 2. The summed E-state index contributed by atoms with van der Waals surface area (Å²) in [5, 5.41) is 11.9. The third-order valence-corrected chi connectivity index (χ3v) is 5.02. The number of piperidine rings is 1. The van der Waals surface area contributed by atoms with Crippen LogP contribution in [0.1, 0.15) is 17.7 Å². The van der Waals surface area contributed by atoms with Crippen LogP contribution >= 0.6 is 27.3 Å². The van der Waals surface area contributed by atoms with E-state index in [0.717, 1.165) is 16.6 Å². The van der Waals surface area contributed by atoms with Gasteiger partial charge in [0.1, 0.15) is 0 Å². The third kappa shape index (κ3) is 4.21. The number of nitrogens with zero attached hydrogens (tertiary/aromatic N) is 1. The van der Waals surface area contributed by atoms with E-state index in [1.54, 1.807) is 16.2 Å². The summed E-state index contributed by atoms with van der Waals surface area (Å²) in [7, 11) is 0. The molecule has 0 unspecified atom stereocenters. The average molecular weight is 361 g/mol. The van der Waals surface area contributed by atoms with Gasteiger partial charge in [0, 0.05) is 24.5 Å². The average Bonchev–Trinajstić information content (AvgIpc) is 2.84.